The van der Waals surface area contributed by atoms with E-state index >= 15 is 0 Å². The van der Waals surface area contributed by atoms with E-state index in [1.54, 1.807) is 0 Å². The van der Waals surface area contributed by atoms with Crippen LogP contribution in [0.2, 0.25) is 0 Å². The molecule has 0 unspecified atom stereocenters. The van der Waals surface area contributed by atoms with E-state index in [1.807, 2.05) is 26.0 Å². The Labute approximate surface area is 118 Å². The molecule has 1 aromatic heterocycles. The number of hydrogen-bond acceptors (Lipinski definition) is 4. The van der Waals surface area contributed by atoms with Crippen molar-refractivity contribution in [3.8, 4) is 11.5 Å². The first-order chi connectivity index (χ1) is 9.76. The Morgan fingerprint density at radius 1 is 1.10 bits per heavy atom. The topological polar surface area (TPSA) is 57.4 Å². The third-order valence-electron chi connectivity index (χ3n) is 3.73. The molecule has 0 radical (unpaired) electrons. The van der Waals surface area contributed by atoms with E-state index in [0.29, 0.717) is 13.2 Å². The summed E-state index contributed by atoms with van der Waals surface area (Å²) in [4.78, 5) is 4.79. The zero-order chi connectivity index (χ0) is 14.1. The normalized spacial score (nSPS) is 13.5. The highest BCUT2D eigenvalue weighted by atomic mass is 16.5. The monoisotopic (exact) mass is 272 g/mol. The van der Waals surface area contributed by atoms with E-state index in [1.165, 1.54) is 5.56 Å². The van der Waals surface area contributed by atoms with Crippen LogP contribution in [0.1, 0.15) is 31.5 Å². The number of aryl methyl sites for hydroxylation is 1. The van der Waals surface area contributed by atoms with E-state index in [-0.39, 0.29) is 0 Å². The molecule has 4 nitrogen and oxygen atoms in total. The number of nitrogen functional groups attached to an aromatic ring is 1. The summed E-state index contributed by atoms with van der Waals surface area (Å²) in [7, 11) is 0. The van der Waals surface area contributed by atoms with Gasteiger partial charge in [-0.1, -0.05) is 0 Å². The molecule has 106 valence electrons. The Kier molecular flexibility index (Phi) is 3.38. The predicted octanol–water partition coefficient (Wildman–Crippen LogP) is 3.10. The SMILES string of the molecule is CCOc1ccc(OCC)c2c(N)c3c(nc12)CCC3. The van der Waals surface area contributed by atoms with Gasteiger partial charge in [-0.2, -0.15) is 0 Å². The lowest BCUT2D eigenvalue weighted by Gasteiger charge is -2.15. The molecule has 1 aliphatic carbocycles. The van der Waals surface area contributed by atoms with Crippen LogP contribution in [0.5, 0.6) is 11.5 Å². The molecule has 4 heteroatoms. The molecule has 0 saturated carbocycles. The standard InChI is InChI=1S/C16H20N2O2/c1-3-19-12-8-9-13(20-4-2)16-14(12)15(17)10-6-5-7-11(10)18-16/h8-9H,3-7H2,1-2H3,(H2,17,18). The molecular weight excluding hydrogens is 252 g/mol. The largest absolute Gasteiger partial charge is 0.493 e. The fourth-order valence-electron chi connectivity index (χ4n) is 2.90. The van der Waals surface area contributed by atoms with Crippen LogP contribution in [0.25, 0.3) is 10.9 Å². The lowest BCUT2D eigenvalue weighted by atomic mass is 10.1. The molecule has 0 aliphatic heterocycles. The highest BCUT2D eigenvalue weighted by molar-refractivity contribution is 6.00. The van der Waals surface area contributed by atoms with Crippen molar-refractivity contribution in [2.45, 2.75) is 33.1 Å². The molecule has 1 aliphatic rings. The lowest BCUT2D eigenvalue weighted by molar-refractivity contribution is 0.336. The zero-order valence-electron chi connectivity index (χ0n) is 12.0. The summed E-state index contributed by atoms with van der Waals surface area (Å²) < 4.78 is 11.4. The van der Waals surface area contributed by atoms with Gasteiger partial charge in [0.15, 0.2) is 0 Å². The summed E-state index contributed by atoms with van der Waals surface area (Å²) in [5.74, 6) is 1.58. The third-order valence-corrected chi connectivity index (χ3v) is 3.73. The van der Waals surface area contributed by atoms with E-state index < -0.39 is 0 Å². The van der Waals surface area contributed by atoms with Gasteiger partial charge in [-0.05, 0) is 50.8 Å². The van der Waals surface area contributed by atoms with Crippen LogP contribution in [0.3, 0.4) is 0 Å². The number of ether oxygens (including phenoxy) is 2. The Bertz CT molecular complexity index is 653. The van der Waals surface area contributed by atoms with Crippen LogP contribution in [0.15, 0.2) is 12.1 Å². The number of aromatic nitrogens is 1. The molecule has 0 spiro atoms. The fraction of sp³-hybridized carbons (Fsp3) is 0.438. The molecule has 0 saturated heterocycles. The number of nitrogens with zero attached hydrogens (tertiary/aromatic N) is 1. The molecule has 1 heterocycles. The van der Waals surface area contributed by atoms with Crippen molar-refractivity contribution >= 4 is 16.6 Å². The van der Waals surface area contributed by atoms with E-state index in [0.717, 1.165) is 53.0 Å². The molecule has 0 bridgehead atoms. The summed E-state index contributed by atoms with van der Waals surface area (Å²) >= 11 is 0. The highest BCUT2D eigenvalue weighted by Crippen LogP contribution is 2.40. The first-order valence-electron chi connectivity index (χ1n) is 7.25. The summed E-state index contributed by atoms with van der Waals surface area (Å²) in [5.41, 5.74) is 10.3. The molecule has 2 N–H and O–H groups in total. The number of anilines is 1. The maximum absolute atomic E-state index is 6.39. The van der Waals surface area contributed by atoms with Crippen molar-refractivity contribution in [2.75, 3.05) is 18.9 Å². The molecular formula is C16H20N2O2. The van der Waals surface area contributed by atoms with Gasteiger partial charge < -0.3 is 15.2 Å². The smallest absolute Gasteiger partial charge is 0.145 e. The number of fused-ring (bicyclic) bond motifs is 2. The molecule has 1 aromatic carbocycles. The van der Waals surface area contributed by atoms with E-state index in [9.17, 15) is 0 Å². The van der Waals surface area contributed by atoms with Gasteiger partial charge in [0.1, 0.15) is 17.0 Å². The van der Waals surface area contributed by atoms with Gasteiger partial charge in [0.05, 0.1) is 18.6 Å². The first-order valence-corrected chi connectivity index (χ1v) is 7.25. The molecule has 20 heavy (non-hydrogen) atoms. The van der Waals surface area contributed by atoms with Crippen LogP contribution >= 0.6 is 0 Å². The average molecular weight is 272 g/mol. The van der Waals surface area contributed by atoms with Crippen molar-refractivity contribution in [3.05, 3.63) is 23.4 Å². The zero-order valence-corrected chi connectivity index (χ0v) is 12.0. The van der Waals surface area contributed by atoms with Crippen LogP contribution in [-0.4, -0.2) is 18.2 Å². The van der Waals surface area contributed by atoms with Crippen molar-refractivity contribution in [2.24, 2.45) is 0 Å². The lowest BCUT2D eigenvalue weighted by Crippen LogP contribution is -2.03. The van der Waals surface area contributed by atoms with Crippen LogP contribution in [0, 0.1) is 0 Å². The van der Waals surface area contributed by atoms with Gasteiger partial charge >= 0.3 is 0 Å². The Morgan fingerprint density at radius 3 is 2.55 bits per heavy atom. The molecule has 0 atom stereocenters. The summed E-state index contributed by atoms with van der Waals surface area (Å²) in [6, 6.07) is 3.85. The van der Waals surface area contributed by atoms with Crippen molar-refractivity contribution in [1.82, 2.24) is 4.98 Å². The quantitative estimate of drug-likeness (QED) is 0.929. The minimum Gasteiger partial charge on any atom is -0.493 e. The first kappa shape index (κ1) is 13.0. The Hall–Kier alpha value is -1.97. The number of nitrogens with two attached hydrogens (primary N) is 1. The molecule has 0 fully saturated rings. The van der Waals surface area contributed by atoms with Gasteiger partial charge in [-0.25, -0.2) is 4.98 Å². The maximum atomic E-state index is 6.39. The number of rotatable bonds is 4. The van der Waals surface area contributed by atoms with Crippen molar-refractivity contribution < 1.29 is 9.47 Å². The second-order valence-electron chi connectivity index (χ2n) is 4.96. The van der Waals surface area contributed by atoms with Gasteiger partial charge in [0.25, 0.3) is 0 Å². The fourth-order valence-corrected chi connectivity index (χ4v) is 2.90. The third kappa shape index (κ3) is 1.96. The van der Waals surface area contributed by atoms with Crippen LogP contribution in [0.4, 0.5) is 5.69 Å². The average Bonchev–Trinajstić information content (AvgIpc) is 2.90. The second-order valence-corrected chi connectivity index (χ2v) is 4.96. The maximum Gasteiger partial charge on any atom is 0.145 e. The van der Waals surface area contributed by atoms with Gasteiger partial charge in [-0.15, -0.1) is 0 Å². The van der Waals surface area contributed by atoms with Crippen molar-refractivity contribution in [1.29, 1.82) is 0 Å². The van der Waals surface area contributed by atoms with E-state index in [4.69, 9.17) is 20.2 Å². The highest BCUT2D eigenvalue weighted by Gasteiger charge is 2.22. The van der Waals surface area contributed by atoms with E-state index in [2.05, 4.69) is 0 Å². The van der Waals surface area contributed by atoms with Crippen molar-refractivity contribution in [3.63, 3.8) is 0 Å². The summed E-state index contributed by atoms with van der Waals surface area (Å²) in [5, 5.41) is 0.901. The number of benzene rings is 1. The van der Waals surface area contributed by atoms with Crippen LogP contribution < -0.4 is 15.2 Å². The molecule has 3 rings (SSSR count). The molecule has 0 amide bonds. The van der Waals surface area contributed by atoms with Gasteiger partial charge in [0, 0.05) is 11.4 Å². The second kappa shape index (κ2) is 5.19. The number of pyridine rings is 1. The minimum absolute atomic E-state index is 0.611. The molecule has 2 aromatic rings. The Balaban J connectivity index is 2.31. The number of hydrogen-bond donors (Lipinski definition) is 1. The Morgan fingerprint density at radius 2 is 1.80 bits per heavy atom. The summed E-state index contributed by atoms with van der Waals surface area (Å²) in [6.45, 7) is 5.17. The van der Waals surface area contributed by atoms with Gasteiger partial charge in [0.2, 0.25) is 0 Å². The minimum atomic E-state index is 0.611. The summed E-state index contributed by atoms with van der Waals surface area (Å²) in [6.07, 6.45) is 3.13. The van der Waals surface area contributed by atoms with Gasteiger partial charge in [-0.3, -0.25) is 0 Å². The van der Waals surface area contributed by atoms with Crippen LogP contribution in [-0.2, 0) is 12.8 Å². The predicted molar refractivity (Wildman–Crippen MR) is 80.5 cm³/mol.